The predicted octanol–water partition coefficient (Wildman–Crippen LogP) is 3.10. The van der Waals surface area contributed by atoms with Gasteiger partial charge in [-0.3, -0.25) is 5.43 Å². The normalized spacial score (nSPS) is 17.4. The van der Waals surface area contributed by atoms with Crippen molar-refractivity contribution in [1.82, 2.24) is 10.4 Å². The van der Waals surface area contributed by atoms with E-state index in [9.17, 15) is 0 Å². The first kappa shape index (κ1) is 12.6. The SMILES string of the molecule is Cc1cc(C)c(CNN2CCCCC2)cc1C. The van der Waals surface area contributed by atoms with Crippen molar-refractivity contribution < 1.29 is 0 Å². The van der Waals surface area contributed by atoms with E-state index in [-0.39, 0.29) is 0 Å². The van der Waals surface area contributed by atoms with Crippen LogP contribution in [-0.2, 0) is 6.54 Å². The fourth-order valence-electron chi connectivity index (χ4n) is 2.46. The lowest BCUT2D eigenvalue weighted by Gasteiger charge is -2.27. The van der Waals surface area contributed by atoms with Crippen molar-refractivity contribution in [3.8, 4) is 0 Å². The lowest BCUT2D eigenvalue weighted by molar-refractivity contribution is 0.151. The van der Waals surface area contributed by atoms with Crippen molar-refractivity contribution >= 4 is 0 Å². The van der Waals surface area contributed by atoms with Crippen LogP contribution in [0.1, 0.15) is 41.5 Å². The van der Waals surface area contributed by atoms with Crippen molar-refractivity contribution in [2.75, 3.05) is 13.1 Å². The minimum atomic E-state index is 0.965. The van der Waals surface area contributed by atoms with Gasteiger partial charge in [-0.25, -0.2) is 5.01 Å². The van der Waals surface area contributed by atoms with Gasteiger partial charge < -0.3 is 0 Å². The molecule has 0 bridgehead atoms. The van der Waals surface area contributed by atoms with E-state index in [1.807, 2.05) is 0 Å². The predicted molar refractivity (Wildman–Crippen MR) is 72.9 cm³/mol. The second-order valence-electron chi connectivity index (χ2n) is 5.25. The summed E-state index contributed by atoms with van der Waals surface area (Å²) in [6.07, 6.45) is 4.05. The van der Waals surface area contributed by atoms with Crippen LogP contribution in [0.15, 0.2) is 12.1 Å². The Hall–Kier alpha value is -0.860. The molecular weight excluding hydrogens is 208 g/mol. The Bertz CT molecular complexity index is 379. The van der Waals surface area contributed by atoms with Gasteiger partial charge in [0.25, 0.3) is 0 Å². The molecule has 94 valence electrons. The average Bonchev–Trinajstić information content (AvgIpc) is 2.33. The van der Waals surface area contributed by atoms with Crippen molar-refractivity contribution in [1.29, 1.82) is 0 Å². The number of aryl methyl sites for hydroxylation is 3. The highest BCUT2D eigenvalue weighted by Crippen LogP contribution is 2.15. The molecule has 0 unspecified atom stereocenters. The molecule has 1 N–H and O–H groups in total. The van der Waals surface area contributed by atoms with Gasteiger partial charge in [0.15, 0.2) is 0 Å². The lowest BCUT2D eigenvalue weighted by Crippen LogP contribution is -2.41. The van der Waals surface area contributed by atoms with E-state index in [0.29, 0.717) is 0 Å². The molecule has 1 saturated heterocycles. The number of hydrazine groups is 1. The molecule has 0 atom stereocenters. The third-order valence-electron chi connectivity index (χ3n) is 3.80. The smallest absolute Gasteiger partial charge is 0.0356 e. The molecule has 0 aromatic heterocycles. The number of piperidine rings is 1. The highest BCUT2D eigenvalue weighted by molar-refractivity contribution is 5.36. The molecular formula is C15H24N2. The van der Waals surface area contributed by atoms with Crippen LogP contribution in [0.5, 0.6) is 0 Å². The third-order valence-corrected chi connectivity index (χ3v) is 3.80. The highest BCUT2D eigenvalue weighted by Gasteiger charge is 2.10. The fraction of sp³-hybridized carbons (Fsp3) is 0.600. The Balaban J connectivity index is 1.96. The Morgan fingerprint density at radius 2 is 1.59 bits per heavy atom. The maximum absolute atomic E-state index is 3.56. The van der Waals surface area contributed by atoms with E-state index in [4.69, 9.17) is 0 Å². The number of hydrogen-bond donors (Lipinski definition) is 1. The van der Waals surface area contributed by atoms with Crippen LogP contribution in [0.25, 0.3) is 0 Å². The van der Waals surface area contributed by atoms with Crippen molar-refractivity contribution in [3.63, 3.8) is 0 Å². The molecule has 1 fully saturated rings. The van der Waals surface area contributed by atoms with Crippen LogP contribution in [0, 0.1) is 20.8 Å². The summed E-state index contributed by atoms with van der Waals surface area (Å²) in [5, 5.41) is 2.37. The van der Waals surface area contributed by atoms with E-state index >= 15 is 0 Å². The van der Waals surface area contributed by atoms with E-state index in [0.717, 1.165) is 6.54 Å². The van der Waals surface area contributed by atoms with E-state index in [1.54, 1.807) is 0 Å². The molecule has 0 saturated carbocycles. The summed E-state index contributed by atoms with van der Waals surface area (Å²) >= 11 is 0. The summed E-state index contributed by atoms with van der Waals surface area (Å²) in [4.78, 5) is 0. The molecule has 0 radical (unpaired) electrons. The van der Waals surface area contributed by atoms with Gasteiger partial charge in [-0.15, -0.1) is 0 Å². The second kappa shape index (κ2) is 5.65. The Labute approximate surface area is 105 Å². The average molecular weight is 232 g/mol. The largest absolute Gasteiger partial charge is 0.251 e. The van der Waals surface area contributed by atoms with Crippen LogP contribution in [0.4, 0.5) is 0 Å². The Morgan fingerprint density at radius 3 is 2.29 bits per heavy atom. The fourth-order valence-corrected chi connectivity index (χ4v) is 2.46. The number of benzene rings is 1. The molecule has 2 nitrogen and oxygen atoms in total. The van der Waals surface area contributed by atoms with E-state index < -0.39 is 0 Å². The summed E-state index contributed by atoms with van der Waals surface area (Å²) in [5.41, 5.74) is 9.18. The van der Waals surface area contributed by atoms with Crippen LogP contribution in [-0.4, -0.2) is 18.1 Å². The van der Waals surface area contributed by atoms with Crippen molar-refractivity contribution in [2.24, 2.45) is 0 Å². The Kier molecular flexibility index (Phi) is 4.19. The van der Waals surface area contributed by atoms with Gasteiger partial charge in [0, 0.05) is 19.6 Å². The maximum atomic E-state index is 3.56. The third kappa shape index (κ3) is 3.30. The molecule has 1 aromatic rings. The molecule has 0 spiro atoms. The summed E-state index contributed by atoms with van der Waals surface area (Å²) in [5.74, 6) is 0. The van der Waals surface area contributed by atoms with Gasteiger partial charge >= 0.3 is 0 Å². The minimum absolute atomic E-state index is 0.965. The molecule has 1 aromatic carbocycles. The summed E-state index contributed by atoms with van der Waals surface area (Å²) in [7, 11) is 0. The summed E-state index contributed by atoms with van der Waals surface area (Å²) in [6.45, 7) is 9.95. The molecule has 0 aliphatic carbocycles. The summed E-state index contributed by atoms with van der Waals surface area (Å²) in [6, 6.07) is 4.62. The topological polar surface area (TPSA) is 15.3 Å². The van der Waals surface area contributed by atoms with Crippen LogP contribution in [0.3, 0.4) is 0 Å². The molecule has 0 amide bonds. The molecule has 1 aliphatic heterocycles. The number of nitrogens with zero attached hydrogens (tertiary/aromatic N) is 1. The van der Waals surface area contributed by atoms with Gasteiger partial charge in [0.05, 0.1) is 0 Å². The highest BCUT2D eigenvalue weighted by atomic mass is 15.5. The summed E-state index contributed by atoms with van der Waals surface area (Å²) < 4.78 is 0. The van der Waals surface area contributed by atoms with Crippen molar-refractivity contribution in [3.05, 3.63) is 34.4 Å². The first-order valence-electron chi connectivity index (χ1n) is 6.72. The van der Waals surface area contributed by atoms with Gasteiger partial charge in [0.1, 0.15) is 0 Å². The van der Waals surface area contributed by atoms with Gasteiger partial charge in [-0.05, 0) is 55.9 Å². The van der Waals surface area contributed by atoms with Gasteiger partial charge in [-0.2, -0.15) is 0 Å². The number of rotatable bonds is 3. The number of nitrogens with one attached hydrogen (secondary N) is 1. The van der Waals surface area contributed by atoms with Crippen LogP contribution >= 0.6 is 0 Å². The van der Waals surface area contributed by atoms with Crippen LogP contribution < -0.4 is 5.43 Å². The zero-order valence-electron chi connectivity index (χ0n) is 11.3. The van der Waals surface area contributed by atoms with Gasteiger partial charge in [-0.1, -0.05) is 18.6 Å². The number of hydrogen-bond acceptors (Lipinski definition) is 2. The zero-order chi connectivity index (χ0) is 12.3. The zero-order valence-corrected chi connectivity index (χ0v) is 11.3. The monoisotopic (exact) mass is 232 g/mol. The molecule has 17 heavy (non-hydrogen) atoms. The molecule has 1 heterocycles. The molecule has 1 aliphatic rings. The maximum Gasteiger partial charge on any atom is 0.0356 e. The van der Waals surface area contributed by atoms with Crippen LogP contribution in [0.2, 0.25) is 0 Å². The lowest BCUT2D eigenvalue weighted by atomic mass is 10.0. The van der Waals surface area contributed by atoms with Crippen molar-refractivity contribution in [2.45, 2.75) is 46.6 Å². The molecule has 2 rings (SSSR count). The molecule has 2 heteroatoms. The second-order valence-corrected chi connectivity index (χ2v) is 5.25. The Morgan fingerprint density at radius 1 is 0.941 bits per heavy atom. The van der Waals surface area contributed by atoms with E-state index in [1.165, 1.54) is 54.6 Å². The van der Waals surface area contributed by atoms with Gasteiger partial charge in [0.2, 0.25) is 0 Å². The minimum Gasteiger partial charge on any atom is -0.251 e. The first-order valence-corrected chi connectivity index (χ1v) is 6.72. The standard InChI is InChI=1S/C15H24N2/c1-12-9-14(3)15(10-13(12)2)11-16-17-7-5-4-6-8-17/h9-10,16H,4-8,11H2,1-3H3. The van der Waals surface area contributed by atoms with E-state index in [2.05, 4.69) is 43.3 Å². The first-order chi connectivity index (χ1) is 8.16. The quantitative estimate of drug-likeness (QED) is 0.861.